The summed E-state index contributed by atoms with van der Waals surface area (Å²) in [5.74, 6) is 0.899. The maximum absolute atomic E-state index is 6.53. The van der Waals surface area contributed by atoms with E-state index in [1.165, 1.54) is 58.2 Å². The van der Waals surface area contributed by atoms with E-state index in [1.807, 2.05) is 0 Å². The summed E-state index contributed by atoms with van der Waals surface area (Å²) in [4.78, 5) is 5.57. The summed E-state index contributed by atoms with van der Waals surface area (Å²) in [7, 11) is 0. The summed E-state index contributed by atoms with van der Waals surface area (Å²) in [6.07, 6.45) is 11.6. The molecule has 0 N–H and O–H groups in total. The molecule has 4 heteroatoms. The highest BCUT2D eigenvalue weighted by atomic mass is 16.5. The number of nitrogens with zero attached hydrogens (tertiary/aromatic N) is 2. The molecular weight excluding hydrogens is 360 g/mol. The maximum atomic E-state index is 6.53. The van der Waals surface area contributed by atoms with Crippen molar-refractivity contribution in [3.05, 3.63) is 0 Å². The molecule has 0 aromatic rings. The normalized spacial score (nSPS) is 37.7. The molecule has 4 aliphatic rings. The lowest BCUT2D eigenvalue weighted by molar-refractivity contribution is -0.171. The molecule has 2 bridgehead atoms. The molecule has 1 aliphatic carbocycles. The Morgan fingerprint density at radius 1 is 0.724 bits per heavy atom. The molecule has 0 aromatic heterocycles. The second kappa shape index (κ2) is 8.41. The number of rotatable bonds is 5. The zero-order valence-electron chi connectivity index (χ0n) is 20.0. The van der Waals surface area contributed by atoms with Gasteiger partial charge in [0.1, 0.15) is 0 Å². The quantitative estimate of drug-likeness (QED) is 0.651. The molecule has 0 amide bonds. The molecule has 3 aliphatic heterocycles. The fourth-order valence-corrected chi connectivity index (χ4v) is 6.21. The van der Waals surface area contributed by atoms with Crippen LogP contribution in [0.2, 0.25) is 0 Å². The van der Waals surface area contributed by atoms with Crippen LogP contribution in [-0.2, 0) is 9.47 Å². The Balaban J connectivity index is 1.19. The van der Waals surface area contributed by atoms with Crippen LogP contribution in [0.1, 0.15) is 92.9 Å². The maximum Gasteiger partial charge on any atom is 0.0631 e. The predicted octanol–water partition coefficient (Wildman–Crippen LogP) is 4.86. The highest BCUT2D eigenvalue weighted by Gasteiger charge is 2.44. The molecule has 4 nitrogen and oxygen atoms in total. The van der Waals surface area contributed by atoms with Crippen LogP contribution in [-0.4, -0.2) is 71.0 Å². The van der Waals surface area contributed by atoms with Gasteiger partial charge in [-0.3, -0.25) is 9.80 Å². The van der Waals surface area contributed by atoms with Crippen molar-refractivity contribution in [2.24, 2.45) is 5.92 Å². The predicted molar refractivity (Wildman–Crippen MR) is 119 cm³/mol. The lowest BCUT2D eigenvalue weighted by Crippen LogP contribution is -2.52. The summed E-state index contributed by atoms with van der Waals surface area (Å²) in [6.45, 7) is 17.4. The number of ether oxygens (including phenoxy) is 2. The number of hydrogen-bond donors (Lipinski definition) is 0. The monoisotopic (exact) mass is 406 g/mol. The molecule has 4 fully saturated rings. The Labute approximate surface area is 179 Å². The fourth-order valence-electron chi connectivity index (χ4n) is 6.21. The van der Waals surface area contributed by atoms with Gasteiger partial charge in [0, 0.05) is 24.2 Å². The Hall–Kier alpha value is -0.160. The molecule has 0 spiro atoms. The minimum atomic E-state index is -0.0247. The van der Waals surface area contributed by atoms with E-state index in [9.17, 15) is 0 Å². The molecule has 3 saturated heterocycles. The van der Waals surface area contributed by atoms with E-state index in [0.717, 1.165) is 30.8 Å². The largest absolute Gasteiger partial charge is 0.375 e. The van der Waals surface area contributed by atoms with Gasteiger partial charge in [-0.1, -0.05) is 0 Å². The van der Waals surface area contributed by atoms with Crippen LogP contribution in [0.5, 0.6) is 0 Å². The fraction of sp³-hybridized carbons (Fsp3) is 1.00. The first-order chi connectivity index (χ1) is 13.6. The van der Waals surface area contributed by atoms with Gasteiger partial charge in [0.2, 0.25) is 0 Å². The van der Waals surface area contributed by atoms with E-state index in [2.05, 4.69) is 51.3 Å². The van der Waals surface area contributed by atoms with E-state index in [1.54, 1.807) is 0 Å². The van der Waals surface area contributed by atoms with E-state index in [4.69, 9.17) is 9.47 Å². The van der Waals surface area contributed by atoms with Crippen LogP contribution in [0.25, 0.3) is 0 Å². The molecule has 2 unspecified atom stereocenters. The zero-order chi connectivity index (χ0) is 20.8. The first-order valence-electron chi connectivity index (χ1n) is 12.4. The number of hydrogen-bond acceptors (Lipinski definition) is 4. The van der Waals surface area contributed by atoms with Gasteiger partial charge in [0.25, 0.3) is 0 Å². The van der Waals surface area contributed by atoms with Gasteiger partial charge in [0.15, 0.2) is 0 Å². The van der Waals surface area contributed by atoms with Crippen molar-refractivity contribution in [2.45, 2.75) is 134 Å². The Morgan fingerprint density at radius 2 is 1.28 bits per heavy atom. The lowest BCUT2D eigenvalue weighted by atomic mass is 9.89. The third-order valence-electron chi connectivity index (χ3n) is 7.83. The summed E-state index contributed by atoms with van der Waals surface area (Å²) in [5, 5.41) is 0. The molecule has 4 rings (SSSR count). The summed E-state index contributed by atoms with van der Waals surface area (Å²) in [5.41, 5.74) is 0.307. The summed E-state index contributed by atoms with van der Waals surface area (Å²) in [6, 6.07) is 1.56. The van der Waals surface area contributed by atoms with Gasteiger partial charge in [-0.25, -0.2) is 0 Å². The van der Waals surface area contributed by atoms with Crippen molar-refractivity contribution in [3.8, 4) is 0 Å². The minimum Gasteiger partial charge on any atom is -0.375 e. The SMILES string of the molecule is CC(C)(C)OC1CC(OC2CC3CCC(C2)N3CC2CCN(C(C)(C)C)CC2)C1. The molecule has 168 valence electrons. The second-order valence-electron chi connectivity index (χ2n) is 12.4. The van der Waals surface area contributed by atoms with E-state index >= 15 is 0 Å². The van der Waals surface area contributed by atoms with Crippen molar-refractivity contribution in [2.75, 3.05) is 19.6 Å². The minimum absolute atomic E-state index is 0.0247. The second-order valence-corrected chi connectivity index (χ2v) is 12.4. The third-order valence-corrected chi connectivity index (χ3v) is 7.83. The molecule has 1 saturated carbocycles. The summed E-state index contributed by atoms with van der Waals surface area (Å²) >= 11 is 0. The Bertz CT molecular complexity index is 524. The average Bonchev–Trinajstić information content (AvgIpc) is 2.81. The van der Waals surface area contributed by atoms with Gasteiger partial charge in [-0.2, -0.15) is 0 Å². The average molecular weight is 407 g/mol. The van der Waals surface area contributed by atoms with Gasteiger partial charge >= 0.3 is 0 Å². The van der Waals surface area contributed by atoms with E-state index < -0.39 is 0 Å². The molecule has 2 atom stereocenters. The van der Waals surface area contributed by atoms with E-state index in [-0.39, 0.29) is 5.60 Å². The molecule has 3 heterocycles. The highest BCUT2D eigenvalue weighted by Crippen LogP contribution is 2.40. The molecule has 0 radical (unpaired) electrons. The standard InChI is InChI=1S/C25H46N2O2/c1-24(2,3)26-11-9-18(10-12-26)17-27-19-7-8-20(27)14-21(13-19)28-22-15-23(16-22)29-25(4,5)6/h18-23H,7-17H2,1-6H3. The first kappa shape index (κ1) is 22.0. The molecule has 0 aromatic carbocycles. The topological polar surface area (TPSA) is 24.9 Å². The first-order valence-corrected chi connectivity index (χ1v) is 12.4. The van der Waals surface area contributed by atoms with Crippen molar-refractivity contribution in [1.29, 1.82) is 0 Å². The van der Waals surface area contributed by atoms with E-state index in [0.29, 0.717) is 23.9 Å². The van der Waals surface area contributed by atoms with Gasteiger partial charge < -0.3 is 9.47 Å². The Kier molecular flexibility index (Phi) is 6.39. The van der Waals surface area contributed by atoms with Crippen LogP contribution in [0.4, 0.5) is 0 Å². The van der Waals surface area contributed by atoms with Crippen molar-refractivity contribution in [1.82, 2.24) is 9.80 Å². The van der Waals surface area contributed by atoms with Crippen LogP contribution in [0.3, 0.4) is 0 Å². The number of piperidine rings is 2. The lowest BCUT2D eigenvalue weighted by Gasteiger charge is -2.46. The smallest absolute Gasteiger partial charge is 0.0631 e. The van der Waals surface area contributed by atoms with Gasteiger partial charge in [-0.05, 0) is 112 Å². The third kappa shape index (κ3) is 5.56. The van der Waals surface area contributed by atoms with Gasteiger partial charge in [0.05, 0.1) is 23.9 Å². The number of likely N-dealkylation sites (tertiary alicyclic amines) is 1. The molecular formula is C25H46N2O2. The van der Waals surface area contributed by atoms with Crippen LogP contribution in [0, 0.1) is 5.92 Å². The highest BCUT2D eigenvalue weighted by molar-refractivity contribution is 4.98. The van der Waals surface area contributed by atoms with Crippen molar-refractivity contribution in [3.63, 3.8) is 0 Å². The van der Waals surface area contributed by atoms with Crippen LogP contribution >= 0.6 is 0 Å². The van der Waals surface area contributed by atoms with Crippen LogP contribution in [0.15, 0.2) is 0 Å². The molecule has 29 heavy (non-hydrogen) atoms. The van der Waals surface area contributed by atoms with Crippen molar-refractivity contribution < 1.29 is 9.47 Å². The summed E-state index contributed by atoms with van der Waals surface area (Å²) < 4.78 is 12.6. The van der Waals surface area contributed by atoms with Crippen LogP contribution < -0.4 is 0 Å². The van der Waals surface area contributed by atoms with Crippen molar-refractivity contribution >= 4 is 0 Å². The number of fused-ring (bicyclic) bond motifs is 2. The zero-order valence-corrected chi connectivity index (χ0v) is 20.0. The van der Waals surface area contributed by atoms with Gasteiger partial charge in [-0.15, -0.1) is 0 Å². The Morgan fingerprint density at radius 3 is 1.79 bits per heavy atom.